The van der Waals surface area contributed by atoms with Gasteiger partial charge < -0.3 is 10.6 Å². The van der Waals surface area contributed by atoms with Crippen molar-refractivity contribution < 1.29 is 13.2 Å². The number of nitrogens with zero attached hydrogens (tertiary/aromatic N) is 1. The van der Waals surface area contributed by atoms with Crippen LogP contribution >= 0.6 is 23.4 Å². The summed E-state index contributed by atoms with van der Waals surface area (Å²) in [5.41, 5.74) is 2.38. The molecule has 0 bridgehead atoms. The van der Waals surface area contributed by atoms with Crippen molar-refractivity contribution in [3.63, 3.8) is 0 Å². The highest BCUT2D eigenvalue weighted by molar-refractivity contribution is 8.15. The van der Waals surface area contributed by atoms with E-state index in [-0.39, 0.29) is 28.7 Å². The number of hydrogen-bond donors (Lipinski definition) is 2. The number of thioether (sulfide) groups is 1. The highest BCUT2D eigenvalue weighted by atomic mass is 35.5. The third-order valence-corrected chi connectivity index (χ3v) is 8.36. The molecule has 2 N–H and O–H groups in total. The molecule has 9 heteroatoms. The SMILES string of the molecule is O=C(NCCc1ccccc1Cl)c1ccc(NC2=NC3CS(=O)(=O)CC3S2)cc1. The van der Waals surface area contributed by atoms with Gasteiger partial charge in [0.2, 0.25) is 0 Å². The molecule has 1 amide bonds. The molecule has 0 saturated carbocycles. The van der Waals surface area contributed by atoms with E-state index in [1.807, 2.05) is 36.4 Å². The fourth-order valence-electron chi connectivity index (χ4n) is 3.36. The predicted molar refractivity (Wildman–Crippen MR) is 119 cm³/mol. The minimum absolute atomic E-state index is 0.00525. The summed E-state index contributed by atoms with van der Waals surface area (Å²) in [6, 6.07) is 14.6. The molecule has 2 aliphatic rings. The Kier molecular flexibility index (Phi) is 5.85. The van der Waals surface area contributed by atoms with Crippen molar-refractivity contribution in [2.24, 2.45) is 4.99 Å². The molecule has 2 atom stereocenters. The van der Waals surface area contributed by atoms with E-state index in [0.29, 0.717) is 23.6 Å². The number of sulfone groups is 1. The van der Waals surface area contributed by atoms with E-state index in [0.717, 1.165) is 16.4 Å². The second-order valence-corrected chi connectivity index (χ2v) is 10.8. The van der Waals surface area contributed by atoms with Crippen LogP contribution < -0.4 is 10.6 Å². The van der Waals surface area contributed by atoms with Gasteiger partial charge in [-0.2, -0.15) is 0 Å². The van der Waals surface area contributed by atoms with Crippen molar-refractivity contribution in [1.29, 1.82) is 0 Å². The number of benzene rings is 2. The summed E-state index contributed by atoms with van der Waals surface area (Å²) < 4.78 is 23.3. The molecule has 2 unspecified atom stereocenters. The van der Waals surface area contributed by atoms with E-state index < -0.39 is 9.84 Å². The number of hydrogen-bond acceptors (Lipinski definition) is 6. The summed E-state index contributed by atoms with van der Waals surface area (Å²) in [7, 11) is -2.95. The van der Waals surface area contributed by atoms with E-state index in [1.54, 1.807) is 12.1 Å². The molecule has 0 aliphatic carbocycles. The molecule has 4 rings (SSSR count). The zero-order valence-corrected chi connectivity index (χ0v) is 17.9. The largest absolute Gasteiger partial charge is 0.352 e. The average molecular weight is 450 g/mol. The summed E-state index contributed by atoms with van der Waals surface area (Å²) in [6.45, 7) is 0.502. The van der Waals surface area contributed by atoms with Crippen LogP contribution in [0.1, 0.15) is 15.9 Å². The van der Waals surface area contributed by atoms with Crippen LogP contribution in [-0.4, -0.2) is 48.8 Å². The number of halogens is 1. The molecular formula is C20H20ClN3O3S2. The first-order chi connectivity index (χ1) is 13.9. The number of carbonyl (C=O) groups excluding carboxylic acids is 1. The third-order valence-electron chi connectivity index (χ3n) is 4.85. The number of rotatable bonds is 5. The van der Waals surface area contributed by atoms with Gasteiger partial charge in [-0.3, -0.25) is 9.79 Å². The first-order valence-corrected chi connectivity index (χ1v) is 12.3. The van der Waals surface area contributed by atoms with Crippen LogP contribution in [0.15, 0.2) is 53.5 Å². The Hall–Kier alpha value is -2.03. The van der Waals surface area contributed by atoms with Crippen LogP contribution in [0, 0.1) is 0 Å². The van der Waals surface area contributed by atoms with E-state index in [9.17, 15) is 13.2 Å². The van der Waals surface area contributed by atoms with Crippen LogP contribution in [0.2, 0.25) is 5.02 Å². The van der Waals surface area contributed by atoms with Gasteiger partial charge in [0, 0.05) is 28.1 Å². The number of aliphatic imine (C=N–C) groups is 1. The second-order valence-electron chi connectivity index (χ2n) is 7.03. The number of carbonyl (C=O) groups is 1. The van der Waals surface area contributed by atoms with E-state index in [2.05, 4.69) is 15.6 Å². The highest BCUT2D eigenvalue weighted by Crippen LogP contribution is 2.34. The summed E-state index contributed by atoms with van der Waals surface area (Å²) in [5.74, 6) is 0.170. The van der Waals surface area contributed by atoms with E-state index in [4.69, 9.17) is 11.6 Å². The second kappa shape index (κ2) is 8.38. The number of amides is 1. The minimum atomic E-state index is -2.95. The molecule has 2 aromatic carbocycles. The van der Waals surface area contributed by atoms with Gasteiger partial charge in [-0.25, -0.2) is 8.42 Å². The molecule has 2 heterocycles. The maximum absolute atomic E-state index is 12.3. The summed E-state index contributed by atoms with van der Waals surface area (Å²) >= 11 is 7.60. The summed E-state index contributed by atoms with van der Waals surface area (Å²) in [6.07, 6.45) is 0.667. The van der Waals surface area contributed by atoms with Gasteiger partial charge in [0.25, 0.3) is 5.91 Å². The van der Waals surface area contributed by atoms with Gasteiger partial charge in [-0.05, 0) is 42.3 Å². The summed E-state index contributed by atoms with van der Waals surface area (Å²) in [5, 5.41) is 7.54. The molecule has 29 heavy (non-hydrogen) atoms. The molecule has 152 valence electrons. The van der Waals surface area contributed by atoms with Gasteiger partial charge in [-0.15, -0.1) is 0 Å². The number of amidine groups is 1. The van der Waals surface area contributed by atoms with Crippen LogP contribution in [-0.2, 0) is 16.3 Å². The maximum Gasteiger partial charge on any atom is 0.251 e. The molecule has 0 radical (unpaired) electrons. The van der Waals surface area contributed by atoms with Crippen LogP contribution in [0.5, 0.6) is 0 Å². The molecule has 6 nitrogen and oxygen atoms in total. The zero-order valence-electron chi connectivity index (χ0n) is 15.5. The lowest BCUT2D eigenvalue weighted by Crippen LogP contribution is -2.25. The monoisotopic (exact) mass is 449 g/mol. The number of nitrogens with one attached hydrogen (secondary N) is 2. The lowest BCUT2D eigenvalue weighted by atomic mass is 10.1. The Morgan fingerprint density at radius 3 is 2.62 bits per heavy atom. The highest BCUT2D eigenvalue weighted by Gasteiger charge is 2.42. The van der Waals surface area contributed by atoms with Crippen LogP contribution in [0.25, 0.3) is 0 Å². The summed E-state index contributed by atoms with van der Waals surface area (Å²) in [4.78, 5) is 16.8. The molecule has 2 aromatic rings. The van der Waals surface area contributed by atoms with Gasteiger partial charge in [0.05, 0.1) is 17.5 Å². The lowest BCUT2D eigenvalue weighted by molar-refractivity contribution is 0.0954. The number of anilines is 1. The fraction of sp³-hybridized carbons (Fsp3) is 0.300. The fourth-order valence-corrected chi connectivity index (χ4v) is 7.26. The van der Waals surface area contributed by atoms with Gasteiger partial charge in [-0.1, -0.05) is 41.6 Å². The molecular weight excluding hydrogens is 430 g/mol. The topological polar surface area (TPSA) is 87.6 Å². The molecule has 2 aliphatic heterocycles. The Labute approximate surface area is 179 Å². The maximum atomic E-state index is 12.3. The van der Waals surface area contributed by atoms with Crippen molar-refractivity contribution in [2.45, 2.75) is 17.7 Å². The Balaban J connectivity index is 1.29. The van der Waals surface area contributed by atoms with E-state index in [1.165, 1.54) is 11.8 Å². The third kappa shape index (κ3) is 4.94. The average Bonchev–Trinajstić information content (AvgIpc) is 3.16. The smallest absolute Gasteiger partial charge is 0.251 e. The normalized spacial score (nSPS) is 22.0. The van der Waals surface area contributed by atoms with Gasteiger partial charge in [0.1, 0.15) is 0 Å². The van der Waals surface area contributed by atoms with Crippen molar-refractivity contribution in [2.75, 3.05) is 23.4 Å². The van der Waals surface area contributed by atoms with Gasteiger partial charge in [0.15, 0.2) is 15.0 Å². The predicted octanol–water partition coefficient (Wildman–Crippen LogP) is 2.99. The first-order valence-electron chi connectivity index (χ1n) is 9.23. The van der Waals surface area contributed by atoms with Crippen molar-refractivity contribution in [1.82, 2.24) is 5.32 Å². The van der Waals surface area contributed by atoms with Crippen molar-refractivity contribution in [3.8, 4) is 0 Å². The molecule has 1 fully saturated rings. The molecule has 0 spiro atoms. The minimum Gasteiger partial charge on any atom is -0.352 e. The quantitative estimate of drug-likeness (QED) is 0.732. The molecule has 1 saturated heterocycles. The van der Waals surface area contributed by atoms with Crippen LogP contribution in [0.3, 0.4) is 0 Å². The van der Waals surface area contributed by atoms with Crippen molar-refractivity contribution >= 4 is 50.0 Å². The Morgan fingerprint density at radius 1 is 1.14 bits per heavy atom. The Bertz CT molecular complexity index is 1050. The zero-order chi connectivity index (χ0) is 20.4. The standard InChI is InChI=1S/C20H20ClN3O3S2/c21-16-4-2-1-3-13(16)9-10-22-19(25)14-5-7-15(8-6-14)23-20-24-17-11-29(26,27)12-18(17)28-20/h1-8,17-18H,9-12H2,(H,22,25)(H,23,24). The van der Waals surface area contributed by atoms with Crippen LogP contribution in [0.4, 0.5) is 5.69 Å². The molecule has 0 aromatic heterocycles. The number of fused-ring (bicyclic) bond motifs is 1. The Morgan fingerprint density at radius 2 is 1.90 bits per heavy atom. The van der Waals surface area contributed by atoms with E-state index >= 15 is 0 Å². The van der Waals surface area contributed by atoms with Crippen molar-refractivity contribution in [3.05, 3.63) is 64.7 Å². The van der Waals surface area contributed by atoms with Gasteiger partial charge >= 0.3 is 0 Å². The first kappa shape index (κ1) is 20.3. The lowest BCUT2D eigenvalue weighted by Gasteiger charge is -2.09.